The minimum absolute atomic E-state index is 0.0930. The SMILES string of the molecule is COc1ccc([C@@H]2C[C@@H](C(F)(F)F)n3nc(C(=O)Nc4cccc(O)c4)c(Cl)c3N2)cc1OC. The summed E-state index contributed by atoms with van der Waals surface area (Å²) in [6.45, 7) is 0. The van der Waals surface area contributed by atoms with Gasteiger partial charge >= 0.3 is 6.18 Å². The topological polar surface area (TPSA) is 97.6 Å². The van der Waals surface area contributed by atoms with Crippen molar-refractivity contribution in [1.29, 1.82) is 0 Å². The smallest absolute Gasteiger partial charge is 0.410 e. The number of nitrogens with one attached hydrogen (secondary N) is 2. The van der Waals surface area contributed by atoms with Gasteiger partial charge in [0.25, 0.3) is 5.91 Å². The van der Waals surface area contributed by atoms with Crippen LogP contribution in [0.5, 0.6) is 17.2 Å². The molecule has 0 spiro atoms. The van der Waals surface area contributed by atoms with Crippen LogP contribution in [-0.2, 0) is 0 Å². The summed E-state index contributed by atoms with van der Waals surface area (Å²) in [5, 5.41) is 18.7. The highest BCUT2D eigenvalue weighted by Crippen LogP contribution is 2.47. The minimum atomic E-state index is -4.65. The van der Waals surface area contributed by atoms with Crippen LogP contribution < -0.4 is 20.1 Å². The average Bonchev–Trinajstić information content (AvgIpc) is 3.13. The number of hydrogen-bond acceptors (Lipinski definition) is 6. The van der Waals surface area contributed by atoms with Crippen LogP contribution in [0.25, 0.3) is 0 Å². The number of aromatic nitrogens is 2. The first-order valence-corrected chi connectivity index (χ1v) is 10.4. The normalized spacial score (nSPS) is 17.5. The van der Waals surface area contributed by atoms with Gasteiger partial charge in [-0.25, -0.2) is 4.68 Å². The van der Waals surface area contributed by atoms with Gasteiger partial charge in [0.2, 0.25) is 0 Å². The molecular formula is C22H20ClF3N4O4. The van der Waals surface area contributed by atoms with Crippen LogP contribution >= 0.6 is 11.6 Å². The van der Waals surface area contributed by atoms with Crippen LogP contribution in [0, 0.1) is 0 Å². The molecule has 0 radical (unpaired) electrons. The molecule has 2 aromatic carbocycles. The summed E-state index contributed by atoms with van der Waals surface area (Å²) >= 11 is 6.34. The number of rotatable bonds is 5. The molecule has 8 nitrogen and oxygen atoms in total. The number of phenols is 1. The van der Waals surface area contributed by atoms with E-state index in [0.717, 1.165) is 0 Å². The monoisotopic (exact) mass is 496 g/mol. The van der Waals surface area contributed by atoms with Gasteiger partial charge in [-0.2, -0.15) is 18.3 Å². The van der Waals surface area contributed by atoms with E-state index in [-0.39, 0.29) is 28.0 Å². The number of nitrogens with zero attached hydrogens (tertiary/aromatic N) is 2. The predicted molar refractivity (Wildman–Crippen MR) is 119 cm³/mol. The molecule has 34 heavy (non-hydrogen) atoms. The molecule has 1 amide bonds. The Morgan fingerprint density at radius 2 is 1.94 bits per heavy atom. The Kier molecular flexibility index (Phi) is 6.22. The van der Waals surface area contributed by atoms with Crippen molar-refractivity contribution in [3.8, 4) is 17.2 Å². The highest BCUT2D eigenvalue weighted by molar-refractivity contribution is 6.36. The van der Waals surface area contributed by atoms with Gasteiger partial charge in [-0.15, -0.1) is 0 Å². The van der Waals surface area contributed by atoms with E-state index in [2.05, 4.69) is 15.7 Å². The molecule has 4 rings (SSSR count). The summed E-state index contributed by atoms with van der Waals surface area (Å²) < 4.78 is 53.2. The number of aromatic hydroxyl groups is 1. The highest BCUT2D eigenvalue weighted by atomic mass is 35.5. The van der Waals surface area contributed by atoms with Gasteiger partial charge in [-0.1, -0.05) is 23.7 Å². The van der Waals surface area contributed by atoms with Crippen LogP contribution in [0.2, 0.25) is 5.02 Å². The van der Waals surface area contributed by atoms with Crippen LogP contribution in [0.4, 0.5) is 24.7 Å². The number of hydrogen-bond donors (Lipinski definition) is 3. The molecule has 2 atom stereocenters. The number of anilines is 2. The molecule has 180 valence electrons. The third-order valence-electron chi connectivity index (χ3n) is 5.42. The molecule has 1 aliphatic heterocycles. The molecule has 2 heterocycles. The summed E-state index contributed by atoms with van der Waals surface area (Å²) in [7, 11) is 2.88. The third-order valence-corrected chi connectivity index (χ3v) is 5.78. The molecule has 3 aromatic rings. The number of alkyl halides is 3. The second-order valence-electron chi connectivity index (χ2n) is 7.56. The van der Waals surface area contributed by atoms with Gasteiger partial charge in [-0.3, -0.25) is 4.79 Å². The van der Waals surface area contributed by atoms with Gasteiger partial charge in [0, 0.05) is 18.2 Å². The first-order chi connectivity index (χ1) is 16.1. The molecule has 0 unspecified atom stereocenters. The van der Waals surface area contributed by atoms with E-state index < -0.39 is 30.6 Å². The molecule has 0 saturated carbocycles. The van der Waals surface area contributed by atoms with Crippen LogP contribution in [0.15, 0.2) is 42.5 Å². The first kappa shape index (κ1) is 23.6. The highest BCUT2D eigenvalue weighted by Gasteiger charge is 2.48. The van der Waals surface area contributed by atoms with Gasteiger partial charge in [0.05, 0.1) is 20.3 Å². The van der Waals surface area contributed by atoms with Crippen molar-refractivity contribution in [2.45, 2.75) is 24.7 Å². The van der Waals surface area contributed by atoms with Gasteiger partial charge in [-0.05, 0) is 29.8 Å². The lowest BCUT2D eigenvalue weighted by Crippen LogP contribution is -2.35. The number of carbonyl (C=O) groups excluding carboxylic acids is 1. The zero-order valence-corrected chi connectivity index (χ0v) is 18.7. The maximum absolute atomic E-state index is 14.0. The molecular weight excluding hydrogens is 477 g/mol. The van der Waals surface area contributed by atoms with Crippen molar-refractivity contribution in [1.82, 2.24) is 9.78 Å². The van der Waals surface area contributed by atoms with Gasteiger partial charge < -0.3 is 25.2 Å². The molecule has 1 aromatic heterocycles. The first-order valence-electron chi connectivity index (χ1n) is 10.1. The number of fused-ring (bicyclic) bond motifs is 1. The fraction of sp³-hybridized carbons (Fsp3) is 0.273. The second-order valence-corrected chi connectivity index (χ2v) is 7.94. The standard InChI is InChI=1S/C22H20ClF3N4O4/c1-33-15-7-6-11(8-16(15)34-2)14-10-17(22(24,25)26)30-20(28-14)18(23)19(29-30)21(32)27-12-4-3-5-13(31)9-12/h3-9,14,17,28,31H,10H2,1-2H3,(H,27,32)/t14-,17-/m0/s1. The third kappa shape index (κ3) is 4.43. The second kappa shape index (κ2) is 8.98. The zero-order chi connectivity index (χ0) is 24.6. The Bertz CT molecular complexity index is 1230. The number of amides is 1. The van der Waals surface area contributed by atoms with E-state index in [1.165, 1.54) is 38.5 Å². The number of phenolic OH excluding ortho intramolecular Hbond substituents is 1. The number of ether oxygens (including phenoxy) is 2. The molecule has 0 fully saturated rings. The van der Waals surface area contributed by atoms with Crippen LogP contribution in [0.3, 0.4) is 0 Å². The largest absolute Gasteiger partial charge is 0.508 e. The van der Waals surface area contributed by atoms with Gasteiger partial charge in [0.1, 0.15) is 16.6 Å². The number of benzene rings is 2. The summed E-state index contributed by atoms with van der Waals surface area (Å²) in [5.41, 5.74) is 0.367. The van der Waals surface area contributed by atoms with E-state index in [1.807, 2.05) is 0 Å². The van der Waals surface area contributed by atoms with E-state index in [4.69, 9.17) is 21.1 Å². The molecule has 0 saturated heterocycles. The maximum atomic E-state index is 14.0. The molecule has 1 aliphatic rings. The Balaban J connectivity index is 1.71. The lowest BCUT2D eigenvalue weighted by molar-refractivity contribution is -0.173. The number of carbonyl (C=O) groups is 1. The lowest BCUT2D eigenvalue weighted by Gasteiger charge is -2.33. The van der Waals surface area contributed by atoms with Crippen molar-refractivity contribution in [2.24, 2.45) is 0 Å². The van der Waals surface area contributed by atoms with Crippen LogP contribution in [-0.4, -0.2) is 41.2 Å². The van der Waals surface area contributed by atoms with Crippen molar-refractivity contribution in [3.05, 3.63) is 58.7 Å². The number of halogens is 4. The van der Waals surface area contributed by atoms with E-state index in [0.29, 0.717) is 21.7 Å². The fourth-order valence-corrected chi connectivity index (χ4v) is 4.06. The summed E-state index contributed by atoms with van der Waals surface area (Å²) in [6, 6.07) is 7.68. The average molecular weight is 497 g/mol. The molecule has 0 bridgehead atoms. The molecule has 12 heteroatoms. The van der Waals surface area contributed by atoms with Crippen molar-refractivity contribution >= 4 is 29.0 Å². The van der Waals surface area contributed by atoms with E-state index in [9.17, 15) is 23.1 Å². The number of methoxy groups -OCH3 is 2. The Labute approximate surface area is 197 Å². The fourth-order valence-electron chi connectivity index (χ4n) is 3.80. The quantitative estimate of drug-likeness (QED) is 0.451. The summed E-state index contributed by atoms with van der Waals surface area (Å²) in [6.07, 6.45) is -5.04. The molecule has 3 N–H and O–H groups in total. The lowest BCUT2D eigenvalue weighted by atomic mass is 9.96. The van der Waals surface area contributed by atoms with Crippen LogP contribution in [0.1, 0.15) is 34.6 Å². The predicted octanol–water partition coefficient (Wildman–Crippen LogP) is 5.17. The van der Waals surface area contributed by atoms with E-state index in [1.54, 1.807) is 18.2 Å². The Morgan fingerprint density at radius 1 is 1.21 bits per heavy atom. The summed E-state index contributed by atoms with van der Waals surface area (Å²) in [5.74, 6) is -0.242. The van der Waals surface area contributed by atoms with Gasteiger partial charge in [0.15, 0.2) is 23.2 Å². The van der Waals surface area contributed by atoms with Crippen molar-refractivity contribution in [2.75, 3.05) is 24.9 Å². The zero-order valence-electron chi connectivity index (χ0n) is 18.0. The Hall–Kier alpha value is -3.60. The maximum Gasteiger partial charge on any atom is 0.410 e. The van der Waals surface area contributed by atoms with E-state index >= 15 is 0 Å². The van der Waals surface area contributed by atoms with Crippen molar-refractivity contribution in [3.63, 3.8) is 0 Å². The minimum Gasteiger partial charge on any atom is -0.508 e. The Morgan fingerprint density at radius 3 is 2.59 bits per heavy atom. The molecule has 0 aliphatic carbocycles. The summed E-state index contributed by atoms with van der Waals surface area (Å²) in [4.78, 5) is 12.7. The van der Waals surface area contributed by atoms with Crippen molar-refractivity contribution < 1.29 is 32.5 Å².